The Labute approximate surface area is 122 Å². The van der Waals surface area contributed by atoms with Crippen LogP contribution in [0, 0.1) is 0 Å². The van der Waals surface area contributed by atoms with Gasteiger partial charge in [-0.3, -0.25) is 9.59 Å². The van der Waals surface area contributed by atoms with Gasteiger partial charge in [-0.15, -0.1) is 0 Å². The van der Waals surface area contributed by atoms with Crippen molar-refractivity contribution in [3.8, 4) is 0 Å². The first-order valence-electron chi connectivity index (χ1n) is 6.73. The van der Waals surface area contributed by atoms with E-state index in [1.807, 2.05) is 0 Å². The Balaban J connectivity index is 1.95. The molecule has 1 aromatic carbocycles. The van der Waals surface area contributed by atoms with Crippen LogP contribution in [0.4, 0.5) is 0 Å². The predicted octanol–water partition coefficient (Wildman–Crippen LogP) is 0.759. The van der Waals surface area contributed by atoms with Crippen LogP contribution in [0.3, 0.4) is 0 Å². The monoisotopic (exact) mass is 290 g/mol. The molecule has 1 aromatic heterocycles. The van der Waals surface area contributed by atoms with Gasteiger partial charge in [0.05, 0.1) is 12.0 Å². The molecule has 21 heavy (non-hydrogen) atoms. The zero-order valence-corrected chi connectivity index (χ0v) is 11.8. The highest BCUT2D eigenvalue weighted by atomic mass is 16.5. The maximum absolute atomic E-state index is 11.9. The predicted molar refractivity (Wildman–Crippen MR) is 79.6 cm³/mol. The first-order chi connectivity index (χ1) is 10.2. The fourth-order valence-electron chi connectivity index (χ4n) is 1.87. The number of nitrogens with one attached hydrogen (secondary N) is 2. The molecule has 0 unspecified atom stereocenters. The summed E-state index contributed by atoms with van der Waals surface area (Å²) in [4.78, 5) is 23.8. The van der Waals surface area contributed by atoms with E-state index in [9.17, 15) is 9.59 Å². The highest BCUT2D eigenvalue weighted by molar-refractivity contribution is 5.93. The van der Waals surface area contributed by atoms with Crippen LogP contribution in [0.1, 0.15) is 10.6 Å². The smallest absolute Gasteiger partial charge is 0.287 e. The Morgan fingerprint density at radius 1 is 1.24 bits per heavy atom. The summed E-state index contributed by atoms with van der Waals surface area (Å²) in [6.45, 7) is 2.40. The van der Waals surface area contributed by atoms with E-state index in [1.165, 1.54) is 6.07 Å². The van der Waals surface area contributed by atoms with Crippen molar-refractivity contribution >= 4 is 16.9 Å². The number of amides is 1. The fraction of sp³-hybridized carbons (Fsp3) is 0.333. The van der Waals surface area contributed by atoms with Crippen molar-refractivity contribution in [2.75, 3.05) is 33.4 Å². The lowest BCUT2D eigenvalue weighted by atomic mass is 10.2. The minimum absolute atomic E-state index is 0.0237. The molecule has 2 rings (SSSR count). The number of rotatable bonds is 7. The molecule has 0 radical (unpaired) electrons. The van der Waals surface area contributed by atoms with Gasteiger partial charge in [0.1, 0.15) is 5.58 Å². The third-order valence-electron chi connectivity index (χ3n) is 2.93. The fourth-order valence-corrected chi connectivity index (χ4v) is 1.87. The van der Waals surface area contributed by atoms with Crippen LogP contribution in [0.15, 0.2) is 39.5 Å². The molecule has 1 amide bonds. The van der Waals surface area contributed by atoms with Crippen molar-refractivity contribution in [1.82, 2.24) is 10.6 Å². The molecule has 6 nitrogen and oxygen atoms in total. The van der Waals surface area contributed by atoms with Gasteiger partial charge in [0.15, 0.2) is 11.2 Å². The van der Waals surface area contributed by atoms with Gasteiger partial charge in [0.25, 0.3) is 5.91 Å². The number of carbonyl (C=O) groups excluding carboxylic acids is 1. The maximum atomic E-state index is 11.9. The van der Waals surface area contributed by atoms with Crippen molar-refractivity contribution in [2.24, 2.45) is 0 Å². The van der Waals surface area contributed by atoms with Crippen molar-refractivity contribution in [2.45, 2.75) is 0 Å². The Kier molecular flexibility index (Phi) is 5.48. The number of para-hydroxylation sites is 1. The average Bonchev–Trinajstić information content (AvgIpc) is 2.50. The Morgan fingerprint density at radius 3 is 2.86 bits per heavy atom. The van der Waals surface area contributed by atoms with E-state index < -0.39 is 5.91 Å². The second-order valence-electron chi connectivity index (χ2n) is 4.47. The molecule has 0 aliphatic heterocycles. The number of hydrogen-bond acceptors (Lipinski definition) is 5. The summed E-state index contributed by atoms with van der Waals surface area (Å²) in [6.07, 6.45) is 0. The van der Waals surface area contributed by atoms with Crippen molar-refractivity contribution in [3.63, 3.8) is 0 Å². The lowest BCUT2D eigenvalue weighted by Crippen LogP contribution is -2.33. The summed E-state index contributed by atoms with van der Waals surface area (Å²) in [7, 11) is 1.63. The quantitative estimate of drug-likeness (QED) is 0.736. The molecular formula is C15H18N2O4. The second kappa shape index (κ2) is 7.56. The van der Waals surface area contributed by atoms with E-state index in [0.717, 1.165) is 6.54 Å². The maximum Gasteiger partial charge on any atom is 0.287 e. The zero-order chi connectivity index (χ0) is 15.1. The van der Waals surface area contributed by atoms with E-state index in [-0.39, 0.29) is 11.2 Å². The number of ether oxygens (including phenoxy) is 1. The Hall–Kier alpha value is -2.18. The van der Waals surface area contributed by atoms with Crippen molar-refractivity contribution in [3.05, 3.63) is 46.3 Å². The normalized spacial score (nSPS) is 10.7. The highest BCUT2D eigenvalue weighted by Crippen LogP contribution is 2.11. The third-order valence-corrected chi connectivity index (χ3v) is 2.93. The van der Waals surface area contributed by atoms with Gasteiger partial charge >= 0.3 is 0 Å². The van der Waals surface area contributed by atoms with Crippen LogP contribution in [-0.4, -0.2) is 39.3 Å². The van der Waals surface area contributed by atoms with Gasteiger partial charge in [-0.1, -0.05) is 12.1 Å². The van der Waals surface area contributed by atoms with Gasteiger partial charge < -0.3 is 19.8 Å². The topological polar surface area (TPSA) is 80.6 Å². The van der Waals surface area contributed by atoms with Gasteiger partial charge in [-0.2, -0.15) is 0 Å². The van der Waals surface area contributed by atoms with Gasteiger partial charge in [-0.25, -0.2) is 0 Å². The lowest BCUT2D eigenvalue weighted by molar-refractivity contribution is 0.0926. The van der Waals surface area contributed by atoms with Crippen LogP contribution in [0.5, 0.6) is 0 Å². The number of fused-ring (bicyclic) bond motifs is 1. The highest BCUT2D eigenvalue weighted by Gasteiger charge is 2.11. The van der Waals surface area contributed by atoms with Crippen LogP contribution in [0.2, 0.25) is 0 Å². The number of hydrogen-bond donors (Lipinski definition) is 2. The van der Waals surface area contributed by atoms with Crippen LogP contribution < -0.4 is 16.1 Å². The summed E-state index contributed by atoms with van der Waals surface area (Å²) in [5.41, 5.74) is 0.189. The molecular weight excluding hydrogens is 272 g/mol. The SMILES string of the molecule is COCCNCCNC(=O)c1cc(=O)c2ccccc2o1. The van der Waals surface area contributed by atoms with Crippen LogP contribution >= 0.6 is 0 Å². The Morgan fingerprint density at radius 2 is 2.05 bits per heavy atom. The Bertz CT molecular complexity index is 666. The molecule has 2 aromatic rings. The van der Waals surface area contributed by atoms with Gasteiger partial charge in [0.2, 0.25) is 0 Å². The average molecular weight is 290 g/mol. The molecule has 6 heteroatoms. The van der Waals surface area contributed by atoms with Crippen molar-refractivity contribution < 1.29 is 13.9 Å². The first kappa shape index (κ1) is 15.2. The molecule has 0 spiro atoms. The summed E-state index contributed by atoms with van der Waals surface area (Å²) < 4.78 is 10.3. The van der Waals surface area contributed by atoms with Crippen LogP contribution in [-0.2, 0) is 4.74 Å². The lowest BCUT2D eigenvalue weighted by Gasteiger charge is -2.06. The zero-order valence-electron chi connectivity index (χ0n) is 11.8. The molecule has 0 saturated carbocycles. The minimum atomic E-state index is -0.397. The van der Waals surface area contributed by atoms with E-state index in [0.29, 0.717) is 30.7 Å². The number of benzene rings is 1. The molecule has 1 heterocycles. The van der Waals surface area contributed by atoms with E-state index in [2.05, 4.69) is 10.6 Å². The number of methoxy groups -OCH3 is 1. The number of carbonyl (C=O) groups is 1. The van der Waals surface area contributed by atoms with E-state index in [1.54, 1.807) is 31.4 Å². The largest absolute Gasteiger partial charge is 0.451 e. The van der Waals surface area contributed by atoms with E-state index in [4.69, 9.17) is 9.15 Å². The third kappa shape index (κ3) is 4.14. The van der Waals surface area contributed by atoms with Crippen molar-refractivity contribution in [1.29, 1.82) is 0 Å². The summed E-state index contributed by atoms with van der Waals surface area (Å²) in [6, 6.07) is 8.07. The van der Waals surface area contributed by atoms with Crippen LogP contribution in [0.25, 0.3) is 11.0 Å². The van der Waals surface area contributed by atoms with Gasteiger partial charge in [-0.05, 0) is 12.1 Å². The molecule has 112 valence electrons. The molecule has 2 N–H and O–H groups in total. The summed E-state index contributed by atoms with van der Waals surface area (Å²) >= 11 is 0. The minimum Gasteiger partial charge on any atom is -0.451 e. The molecule has 0 aliphatic carbocycles. The molecule has 0 aliphatic rings. The first-order valence-corrected chi connectivity index (χ1v) is 6.73. The standard InChI is InChI=1S/C15H18N2O4/c1-20-9-8-16-6-7-17-15(19)14-10-12(18)11-4-2-3-5-13(11)21-14/h2-5,10,16H,6-9H2,1H3,(H,17,19). The second-order valence-corrected chi connectivity index (χ2v) is 4.47. The molecule has 0 saturated heterocycles. The molecule has 0 fully saturated rings. The summed E-state index contributed by atoms with van der Waals surface area (Å²) in [5.74, 6) is -0.373. The summed E-state index contributed by atoms with van der Waals surface area (Å²) in [5, 5.41) is 6.26. The van der Waals surface area contributed by atoms with E-state index >= 15 is 0 Å². The molecule has 0 bridgehead atoms. The molecule has 0 atom stereocenters. The van der Waals surface area contributed by atoms with Gasteiger partial charge in [0, 0.05) is 32.8 Å².